The largest absolute Gasteiger partial charge is 0.490 e. The minimum Gasteiger partial charge on any atom is -0.490 e. The standard InChI is InChI=1S/C17H25NO4/c1-2-21-16-10-12(14(18)11-17(19)20)8-9-15(16)22-13-6-4-3-5-7-13/h8-10,13-14H,2-7,11,18H2,1H3,(H,19,20). The van der Waals surface area contributed by atoms with Crippen LogP contribution in [-0.2, 0) is 4.79 Å². The number of ether oxygens (including phenoxy) is 2. The molecular weight excluding hydrogens is 282 g/mol. The maximum absolute atomic E-state index is 10.8. The Bertz CT molecular complexity index is 497. The molecule has 0 amide bonds. The SMILES string of the molecule is CCOc1cc(C(N)CC(=O)O)ccc1OC1CCCCC1. The molecule has 1 aromatic carbocycles. The fraction of sp³-hybridized carbons (Fsp3) is 0.588. The monoisotopic (exact) mass is 307 g/mol. The molecule has 3 N–H and O–H groups in total. The van der Waals surface area contributed by atoms with Crippen molar-refractivity contribution >= 4 is 5.97 Å². The molecule has 5 heteroatoms. The predicted octanol–water partition coefficient (Wildman–Crippen LogP) is 3.27. The highest BCUT2D eigenvalue weighted by Crippen LogP contribution is 2.33. The second-order valence-electron chi connectivity index (χ2n) is 5.72. The van der Waals surface area contributed by atoms with Gasteiger partial charge in [0.05, 0.1) is 19.1 Å². The molecule has 1 aliphatic rings. The number of rotatable bonds is 7. The molecule has 2 rings (SSSR count). The molecule has 0 bridgehead atoms. The first-order valence-corrected chi connectivity index (χ1v) is 8.01. The van der Waals surface area contributed by atoms with Crippen LogP contribution in [0.1, 0.15) is 57.1 Å². The second kappa shape index (κ2) is 8.03. The molecule has 0 heterocycles. The molecule has 1 aromatic rings. The highest BCUT2D eigenvalue weighted by atomic mass is 16.5. The van der Waals surface area contributed by atoms with Crippen LogP contribution >= 0.6 is 0 Å². The summed E-state index contributed by atoms with van der Waals surface area (Å²) in [5, 5.41) is 8.85. The third-order valence-corrected chi connectivity index (χ3v) is 3.94. The minimum absolute atomic E-state index is 0.103. The van der Waals surface area contributed by atoms with E-state index < -0.39 is 12.0 Å². The first kappa shape index (κ1) is 16.6. The van der Waals surface area contributed by atoms with Crippen molar-refractivity contribution in [2.75, 3.05) is 6.61 Å². The van der Waals surface area contributed by atoms with Crippen molar-refractivity contribution in [1.82, 2.24) is 0 Å². The zero-order valence-electron chi connectivity index (χ0n) is 13.1. The summed E-state index contributed by atoms with van der Waals surface area (Å²) in [7, 11) is 0. The van der Waals surface area contributed by atoms with E-state index in [0.717, 1.165) is 24.2 Å². The molecule has 0 saturated heterocycles. The average molecular weight is 307 g/mol. The molecular formula is C17H25NO4. The number of carbonyl (C=O) groups is 1. The molecule has 1 fully saturated rings. The maximum atomic E-state index is 10.8. The number of hydrogen-bond donors (Lipinski definition) is 2. The molecule has 1 unspecified atom stereocenters. The quantitative estimate of drug-likeness (QED) is 0.808. The van der Waals surface area contributed by atoms with Gasteiger partial charge in [-0.1, -0.05) is 12.5 Å². The lowest BCUT2D eigenvalue weighted by Crippen LogP contribution is -2.20. The van der Waals surface area contributed by atoms with Gasteiger partial charge >= 0.3 is 5.97 Å². The number of hydrogen-bond acceptors (Lipinski definition) is 4. The van der Waals surface area contributed by atoms with Gasteiger partial charge in [0.2, 0.25) is 0 Å². The molecule has 0 radical (unpaired) electrons. The smallest absolute Gasteiger partial charge is 0.305 e. The first-order valence-electron chi connectivity index (χ1n) is 8.01. The van der Waals surface area contributed by atoms with Gasteiger partial charge in [0.15, 0.2) is 11.5 Å². The van der Waals surface area contributed by atoms with Crippen molar-refractivity contribution in [3.63, 3.8) is 0 Å². The van der Waals surface area contributed by atoms with Crippen LogP contribution in [-0.4, -0.2) is 23.8 Å². The van der Waals surface area contributed by atoms with E-state index in [-0.39, 0.29) is 12.5 Å². The van der Waals surface area contributed by atoms with Gasteiger partial charge in [-0.2, -0.15) is 0 Å². The molecule has 0 spiro atoms. The summed E-state index contributed by atoms with van der Waals surface area (Å²) in [6, 6.07) is 4.93. The summed E-state index contributed by atoms with van der Waals surface area (Å²) < 4.78 is 11.7. The van der Waals surface area contributed by atoms with Crippen LogP contribution in [0.2, 0.25) is 0 Å². The zero-order valence-corrected chi connectivity index (χ0v) is 13.1. The number of benzene rings is 1. The lowest BCUT2D eigenvalue weighted by atomic mass is 9.97. The third kappa shape index (κ3) is 4.63. The van der Waals surface area contributed by atoms with Crippen LogP contribution in [0.5, 0.6) is 11.5 Å². The zero-order chi connectivity index (χ0) is 15.9. The van der Waals surface area contributed by atoms with Crippen LogP contribution in [0.3, 0.4) is 0 Å². The Morgan fingerprint density at radius 1 is 1.32 bits per heavy atom. The van der Waals surface area contributed by atoms with Crippen molar-refractivity contribution in [2.45, 2.75) is 57.6 Å². The fourth-order valence-corrected chi connectivity index (χ4v) is 2.79. The maximum Gasteiger partial charge on any atom is 0.305 e. The highest BCUT2D eigenvalue weighted by molar-refractivity contribution is 5.68. The van der Waals surface area contributed by atoms with Gasteiger partial charge in [0, 0.05) is 6.04 Å². The van der Waals surface area contributed by atoms with Gasteiger partial charge in [0.1, 0.15) is 0 Å². The van der Waals surface area contributed by atoms with E-state index in [2.05, 4.69) is 0 Å². The Hall–Kier alpha value is -1.75. The van der Waals surface area contributed by atoms with Crippen molar-refractivity contribution < 1.29 is 19.4 Å². The van der Waals surface area contributed by atoms with E-state index >= 15 is 0 Å². The topological polar surface area (TPSA) is 81.8 Å². The van der Waals surface area contributed by atoms with E-state index in [1.54, 1.807) is 6.07 Å². The Kier molecular flexibility index (Phi) is 6.07. The predicted molar refractivity (Wildman–Crippen MR) is 84.3 cm³/mol. The highest BCUT2D eigenvalue weighted by Gasteiger charge is 2.19. The van der Waals surface area contributed by atoms with Gasteiger partial charge in [-0.05, 0) is 50.3 Å². The Morgan fingerprint density at radius 3 is 2.68 bits per heavy atom. The normalized spacial score (nSPS) is 17.0. The third-order valence-electron chi connectivity index (χ3n) is 3.94. The minimum atomic E-state index is -0.909. The summed E-state index contributed by atoms with van der Waals surface area (Å²) >= 11 is 0. The molecule has 0 aliphatic heterocycles. The van der Waals surface area contributed by atoms with Crippen LogP contribution < -0.4 is 15.2 Å². The van der Waals surface area contributed by atoms with Crippen molar-refractivity contribution in [3.8, 4) is 11.5 Å². The molecule has 22 heavy (non-hydrogen) atoms. The number of carboxylic acids is 1. The first-order chi connectivity index (χ1) is 10.6. The van der Waals surface area contributed by atoms with Gasteiger partial charge in [-0.15, -0.1) is 0 Å². The molecule has 1 atom stereocenters. The summed E-state index contributed by atoms with van der Waals surface area (Å²) in [6.45, 7) is 2.44. The van der Waals surface area contributed by atoms with Gasteiger partial charge in [0.25, 0.3) is 0 Å². The van der Waals surface area contributed by atoms with Crippen molar-refractivity contribution in [2.24, 2.45) is 5.73 Å². The van der Waals surface area contributed by atoms with E-state index in [0.29, 0.717) is 12.4 Å². The van der Waals surface area contributed by atoms with Crippen molar-refractivity contribution in [3.05, 3.63) is 23.8 Å². The summed E-state index contributed by atoms with van der Waals surface area (Å²) in [5.41, 5.74) is 6.67. The molecule has 1 saturated carbocycles. The van der Waals surface area contributed by atoms with Crippen LogP contribution in [0.4, 0.5) is 0 Å². The molecule has 5 nitrogen and oxygen atoms in total. The Balaban J connectivity index is 2.13. The van der Waals surface area contributed by atoms with E-state index in [1.807, 2.05) is 19.1 Å². The van der Waals surface area contributed by atoms with E-state index in [9.17, 15) is 4.79 Å². The lowest BCUT2D eigenvalue weighted by Gasteiger charge is -2.24. The number of carboxylic acid groups (broad SMARTS) is 1. The van der Waals surface area contributed by atoms with Crippen LogP contribution in [0, 0.1) is 0 Å². The lowest BCUT2D eigenvalue weighted by molar-refractivity contribution is -0.137. The Morgan fingerprint density at radius 2 is 2.05 bits per heavy atom. The average Bonchev–Trinajstić information content (AvgIpc) is 2.49. The van der Waals surface area contributed by atoms with E-state index in [1.165, 1.54) is 19.3 Å². The number of aliphatic carboxylic acids is 1. The number of nitrogens with two attached hydrogens (primary N) is 1. The van der Waals surface area contributed by atoms with Crippen LogP contribution in [0.25, 0.3) is 0 Å². The fourth-order valence-electron chi connectivity index (χ4n) is 2.79. The van der Waals surface area contributed by atoms with Gasteiger partial charge in [-0.25, -0.2) is 0 Å². The van der Waals surface area contributed by atoms with Crippen molar-refractivity contribution in [1.29, 1.82) is 0 Å². The van der Waals surface area contributed by atoms with Gasteiger partial charge in [-0.3, -0.25) is 4.79 Å². The molecule has 0 aromatic heterocycles. The summed E-state index contributed by atoms with van der Waals surface area (Å²) in [5.74, 6) is 0.458. The second-order valence-corrected chi connectivity index (χ2v) is 5.72. The van der Waals surface area contributed by atoms with Crippen LogP contribution in [0.15, 0.2) is 18.2 Å². The molecule has 122 valence electrons. The van der Waals surface area contributed by atoms with Gasteiger partial charge < -0.3 is 20.3 Å². The van der Waals surface area contributed by atoms with E-state index in [4.69, 9.17) is 20.3 Å². The summed E-state index contributed by atoms with van der Waals surface area (Å²) in [4.78, 5) is 10.8. The summed E-state index contributed by atoms with van der Waals surface area (Å²) in [6.07, 6.45) is 5.98. The Labute approximate surface area is 131 Å². The molecule has 1 aliphatic carbocycles.